The van der Waals surface area contributed by atoms with E-state index in [1.54, 1.807) is 12.1 Å². The molecule has 0 saturated carbocycles. The number of hydrogen-bond acceptors (Lipinski definition) is 1. The summed E-state index contributed by atoms with van der Waals surface area (Å²) in [7, 11) is 0. The SMILES string of the molecule is C=C(CCC(=C)c1n[nH]c2ccccc12)c1ccc(F)cc1. The minimum atomic E-state index is -0.232. The average molecular weight is 292 g/mol. The molecule has 1 heterocycles. The zero-order chi connectivity index (χ0) is 15.5. The van der Waals surface area contributed by atoms with Gasteiger partial charge in [-0.05, 0) is 47.8 Å². The van der Waals surface area contributed by atoms with Crippen molar-refractivity contribution in [2.45, 2.75) is 12.8 Å². The van der Waals surface area contributed by atoms with Crippen molar-refractivity contribution in [1.29, 1.82) is 0 Å². The molecular weight excluding hydrogens is 275 g/mol. The molecule has 0 radical (unpaired) electrons. The van der Waals surface area contributed by atoms with E-state index in [0.717, 1.165) is 46.1 Å². The van der Waals surface area contributed by atoms with Crippen LogP contribution in [0.4, 0.5) is 4.39 Å². The lowest BCUT2D eigenvalue weighted by Crippen LogP contribution is -1.88. The summed E-state index contributed by atoms with van der Waals surface area (Å²) in [5, 5.41) is 8.46. The number of H-pyrrole nitrogens is 1. The van der Waals surface area contributed by atoms with Gasteiger partial charge in [0.1, 0.15) is 5.82 Å². The van der Waals surface area contributed by atoms with Crippen molar-refractivity contribution in [3.63, 3.8) is 0 Å². The lowest BCUT2D eigenvalue weighted by atomic mass is 9.98. The Morgan fingerprint density at radius 1 is 0.955 bits per heavy atom. The van der Waals surface area contributed by atoms with Gasteiger partial charge in [-0.25, -0.2) is 4.39 Å². The van der Waals surface area contributed by atoms with Crippen molar-refractivity contribution in [3.8, 4) is 0 Å². The van der Waals surface area contributed by atoms with Crippen LogP contribution in [-0.2, 0) is 0 Å². The van der Waals surface area contributed by atoms with Crippen LogP contribution in [0.1, 0.15) is 24.1 Å². The first-order valence-corrected chi connectivity index (χ1v) is 7.20. The van der Waals surface area contributed by atoms with E-state index in [1.807, 2.05) is 24.3 Å². The summed E-state index contributed by atoms with van der Waals surface area (Å²) in [5.41, 5.74) is 4.82. The lowest BCUT2D eigenvalue weighted by Gasteiger charge is -2.07. The van der Waals surface area contributed by atoms with Crippen molar-refractivity contribution in [2.75, 3.05) is 0 Å². The second-order valence-corrected chi connectivity index (χ2v) is 5.33. The first kappa shape index (κ1) is 14.3. The number of para-hydroxylation sites is 1. The maximum absolute atomic E-state index is 12.9. The highest BCUT2D eigenvalue weighted by Gasteiger charge is 2.09. The van der Waals surface area contributed by atoms with Gasteiger partial charge in [0, 0.05) is 5.39 Å². The minimum Gasteiger partial charge on any atom is -0.277 e. The monoisotopic (exact) mass is 292 g/mol. The van der Waals surface area contributed by atoms with Crippen molar-refractivity contribution >= 4 is 22.0 Å². The highest BCUT2D eigenvalue weighted by Crippen LogP contribution is 2.27. The quantitative estimate of drug-likeness (QED) is 0.687. The molecule has 0 fully saturated rings. The summed E-state index contributed by atoms with van der Waals surface area (Å²) in [5.74, 6) is -0.232. The molecule has 1 aromatic heterocycles. The number of allylic oxidation sites excluding steroid dienone is 2. The molecule has 0 unspecified atom stereocenters. The number of aromatic amines is 1. The molecule has 0 atom stereocenters. The molecule has 22 heavy (non-hydrogen) atoms. The van der Waals surface area contributed by atoms with E-state index in [2.05, 4.69) is 23.4 Å². The van der Waals surface area contributed by atoms with Crippen LogP contribution in [0.5, 0.6) is 0 Å². The fourth-order valence-electron chi connectivity index (χ4n) is 2.48. The standard InChI is InChI=1S/C19H17FN2/c1-13(15-9-11-16(20)12-10-15)7-8-14(2)19-17-5-3-4-6-18(17)21-22-19/h3-6,9-12H,1-2,7-8H2,(H,21,22). The molecule has 0 aliphatic rings. The molecule has 0 spiro atoms. The Balaban J connectivity index is 1.70. The summed E-state index contributed by atoms with van der Waals surface area (Å²) in [4.78, 5) is 0. The normalized spacial score (nSPS) is 10.8. The van der Waals surface area contributed by atoms with Crippen LogP contribution in [0, 0.1) is 5.82 Å². The van der Waals surface area contributed by atoms with Gasteiger partial charge in [0.15, 0.2) is 0 Å². The molecule has 1 N–H and O–H groups in total. The van der Waals surface area contributed by atoms with Crippen LogP contribution in [0.25, 0.3) is 22.0 Å². The lowest BCUT2D eigenvalue weighted by molar-refractivity contribution is 0.627. The molecule has 110 valence electrons. The zero-order valence-electron chi connectivity index (χ0n) is 12.3. The van der Waals surface area contributed by atoms with Gasteiger partial charge in [0.2, 0.25) is 0 Å². The second-order valence-electron chi connectivity index (χ2n) is 5.33. The van der Waals surface area contributed by atoms with E-state index in [4.69, 9.17) is 0 Å². The Labute approximate surface area is 129 Å². The van der Waals surface area contributed by atoms with Crippen LogP contribution in [0.2, 0.25) is 0 Å². The van der Waals surface area contributed by atoms with Gasteiger partial charge in [-0.1, -0.05) is 43.5 Å². The van der Waals surface area contributed by atoms with Crippen molar-refractivity contribution in [3.05, 3.63) is 78.8 Å². The van der Waals surface area contributed by atoms with Crippen molar-refractivity contribution in [1.82, 2.24) is 10.2 Å². The van der Waals surface area contributed by atoms with E-state index >= 15 is 0 Å². The summed E-state index contributed by atoms with van der Waals surface area (Å²) in [6.07, 6.45) is 1.54. The summed E-state index contributed by atoms with van der Waals surface area (Å²) < 4.78 is 12.9. The fraction of sp³-hybridized carbons (Fsp3) is 0.105. The molecule has 3 aromatic rings. The molecule has 2 aromatic carbocycles. The van der Waals surface area contributed by atoms with Crippen molar-refractivity contribution in [2.24, 2.45) is 0 Å². The molecular formula is C19H17FN2. The van der Waals surface area contributed by atoms with E-state index in [9.17, 15) is 4.39 Å². The summed E-state index contributed by atoms with van der Waals surface area (Å²) in [6.45, 7) is 8.22. The van der Waals surface area contributed by atoms with Gasteiger partial charge < -0.3 is 0 Å². The molecule has 0 aliphatic carbocycles. The van der Waals surface area contributed by atoms with Crippen molar-refractivity contribution < 1.29 is 4.39 Å². The number of benzene rings is 2. The predicted molar refractivity (Wildman–Crippen MR) is 89.8 cm³/mol. The van der Waals surface area contributed by atoms with E-state index in [1.165, 1.54) is 12.1 Å². The summed E-state index contributed by atoms with van der Waals surface area (Å²) >= 11 is 0. The third kappa shape index (κ3) is 2.84. The smallest absolute Gasteiger partial charge is 0.123 e. The first-order valence-electron chi connectivity index (χ1n) is 7.20. The minimum absolute atomic E-state index is 0.232. The van der Waals surface area contributed by atoms with Crippen LogP contribution in [0.3, 0.4) is 0 Å². The number of halogens is 1. The van der Waals surface area contributed by atoms with E-state index in [0.29, 0.717) is 0 Å². The van der Waals surface area contributed by atoms with Gasteiger partial charge in [-0.3, -0.25) is 5.10 Å². The zero-order valence-corrected chi connectivity index (χ0v) is 12.3. The number of nitrogens with one attached hydrogen (secondary N) is 1. The maximum Gasteiger partial charge on any atom is 0.123 e. The van der Waals surface area contributed by atoms with Gasteiger partial charge in [0.25, 0.3) is 0 Å². The largest absolute Gasteiger partial charge is 0.277 e. The average Bonchev–Trinajstić information content (AvgIpc) is 2.97. The van der Waals surface area contributed by atoms with Gasteiger partial charge in [-0.15, -0.1) is 0 Å². The Morgan fingerprint density at radius 3 is 2.41 bits per heavy atom. The number of hydrogen-bond donors (Lipinski definition) is 1. The second kappa shape index (κ2) is 5.98. The Morgan fingerprint density at radius 2 is 1.64 bits per heavy atom. The number of nitrogens with zero attached hydrogens (tertiary/aromatic N) is 1. The number of fused-ring (bicyclic) bond motifs is 1. The highest BCUT2D eigenvalue weighted by atomic mass is 19.1. The van der Waals surface area contributed by atoms with Crippen LogP contribution < -0.4 is 0 Å². The topological polar surface area (TPSA) is 28.7 Å². The molecule has 0 bridgehead atoms. The molecule has 0 aliphatic heterocycles. The van der Waals surface area contributed by atoms with Gasteiger partial charge >= 0.3 is 0 Å². The number of aromatic nitrogens is 2. The van der Waals surface area contributed by atoms with Gasteiger partial charge in [0.05, 0.1) is 11.2 Å². The molecule has 3 rings (SSSR count). The van der Waals surface area contributed by atoms with Crippen LogP contribution in [-0.4, -0.2) is 10.2 Å². The molecule has 3 heteroatoms. The maximum atomic E-state index is 12.9. The first-order chi connectivity index (χ1) is 10.6. The van der Waals surface area contributed by atoms with Crippen LogP contribution >= 0.6 is 0 Å². The fourth-order valence-corrected chi connectivity index (χ4v) is 2.48. The Kier molecular flexibility index (Phi) is 3.88. The Hall–Kier alpha value is -2.68. The predicted octanol–water partition coefficient (Wildman–Crippen LogP) is 5.21. The van der Waals surface area contributed by atoms with E-state index in [-0.39, 0.29) is 5.82 Å². The molecule has 2 nitrogen and oxygen atoms in total. The highest BCUT2D eigenvalue weighted by molar-refractivity contribution is 5.89. The van der Waals surface area contributed by atoms with E-state index < -0.39 is 0 Å². The molecule has 0 saturated heterocycles. The van der Waals surface area contributed by atoms with Crippen LogP contribution in [0.15, 0.2) is 61.7 Å². The Bertz CT molecular complexity index is 828. The summed E-state index contributed by atoms with van der Waals surface area (Å²) in [6, 6.07) is 14.4. The molecule has 0 amide bonds. The van der Waals surface area contributed by atoms with Gasteiger partial charge in [-0.2, -0.15) is 5.10 Å². The third-order valence-electron chi connectivity index (χ3n) is 3.79. The third-order valence-corrected chi connectivity index (χ3v) is 3.79. The number of rotatable bonds is 5.